The third kappa shape index (κ3) is 6.83. The fraction of sp³-hybridized carbons (Fsp3) is 0.424. The van der Waals surface area contributed by atoms with Gasteiger partial charge in [-0.25, -0.2) is 0 Å². The maximum Gasteiger partial charge on any atom is 0.181 e. The summed E-state index contributed by atoms with van der Waals surface area (Å²) in [6.07, 6.45) is 4.32. The molecule has 2 aliphatic rings. The van der Waals surface area contributed by atoms with Gasteiger partial charge in [0.25, 0.3) is 0 Å². The Balaban J connectivity index is 1.35. The zero-order valence-electron chi connectivity index (χ0n) is 23.4. The van der Waals surface area contributed by atoms with Gasteiger partial charge in [0.15, 0.2) is 17.8 Å². The Kier molecular flexibility index (Phi) is 10.1. The number of aldehydes is 1. The zero-order valence-corrected chi connectivity index (χ0v) is 24.9. The molecule has 218 valence electrons. The van der Waals surface area contributed by atoms with Crippen molar-refractivity contribution < 1.29 is 24.1 Å². The van der Waals surface area contributed by atoms with Crippen LogP contribution >= 0.6 is 23.2 Å². The minimum atomic E-state index is -0.248. The fourth-order valence-electron chi connectivity index (χ4n) is 5.82. The van der Waals surface area contributed by atoms with Crippen LogP contribution in [0.15, 0.2) is 48.5 Å². The maximum absolute atomic E-state index is 11.9. The summed E-state index contributed by atoms with van der Waals surface area (Å²) in [4.78, 5) is 14.1. The van der Waals surface area contributed by atoms with Crippen LogP contribution in [0.1, 0.15) is 58.8 Å². The maximum atomic E-state index is 11.9. The van der Waals surface area contributed by atoms with Crippen LogP contribution in [-0.2, 0) is 6.42 Å². The number of ether oxygens (including phenoxy) is 3. The topological polar surface area (TPSA) is 68.2 Å². The smallest absolute Gasteiger partial charge is 0.181 e. The van der Waals surface area contributed by atoms with E-state index in [0.717, 1.165) is 73.9 Å². The summed E-state index contributed by atoms with van der Waals surface area (Å²) in [6, 6.07) is 15.8. The molecule has 0 amide bonds. The normalized spacial score (nSPS) is 18.3. The van der Waals surface area contributed by atoms with Crippen LogP contribution in [0.4, 0.5) is 0 Å². The highest BCUT2D eigenvalue weighted by atomic mass is 35.5. The number of alkyl halides is 1. The summed E-state index contributed by atoms with van der Waals surface area (Å²) in [6.45, 7) is 5.50. The summed E-state index contributed by atoms with van der Waals surface area (Å²) in [7, 11) is 0. The first-order valence-electron chi connectivity index (χ1n) is 14.4. The SMILES string of the molecule is Cc1c(OCCCCl)cccc1-c1cccc2c1CC[C@@H]2Oc1c(Cl)ccc(C=O)c1OCCCN1CCC(O)C1. The number of nitrogens with zero attached hydrogens (tertiary/aromatic N) is 1. The predicted octanol–water partition coefficient (Wildman–Crippen LogP) is 7.04. The van der Waals surface area contributed by atoms with Gasteiger partial charge in [0.2, 0.25) is 0 Å². The van der Waals surface area contributed by atoms with Crippen molar-refractivity contribution in [2.24, 2.45) is 0 Å². The molecule has 1 heterocycles. The van der Waals surface area contributed by atoms with E-state index in [9.17, 15) is 9.90 Å². The molecule has 0 spiro atoms. The number of aliphatic hydroxyl groups is 1. The fourth-order valence-corrected chi connectivity index (χ4v) is 6.12. The van der Waals surface area contributed by atoms with Crippen molar-refractivity contribution in [3.05, 3.63) is 75.8 Å². The van der Waals surface area contributed by atoms with E-state index in [4.69, 9.17) is 37.4 Å². The molecule has 3 aromatic rings. The highest BCUT2D eigenvalue weighted by molar-refractivity contribution is 6.32. The van der Waals surface area contributed by atoms with Crippen LogP contribution in [0.2, 0.25) is 5.02 Å². The van der Waals surface area contributed by atoms with E-state index >= 15 is 0 Å². The van der Waals surface area contributed by atoms with Crippen molar-refractivity contribution in [2.45, 2.75) is 51.2 Å². The molecule has 1 aliphatic heterocycles. The van der Waals surface area contributed by atoms with Crippen LogP contribution in [0, 0.1) is 6.92 Å². The second kappa shape index (κ2) is 13.9. The van der Waals surface area contributed by atoms with Gasteiger partial charge in [0.05, 0.1) is 29.9 Å². The van der Waals surface area contributed by atoms with Crippen molar-refractivity contribution >= 4 is 29.5 Å². The van der Waals surface area contributed by atoms with Crippen LogP contribution in [0.5, 0.6) is 17.2 Å². The van der Waals surface area contributed by atoms with Gasteiger partial charge in [-0.05, 0) is 85.0 Å². The number of rotatable bonds is 13. The molecule has 2 atom stereocenters. The van der Waals surface area contributed by atoms with Gasteiger partial charge in [0, 0.05) is 25.5 Å². The zero-order chi connectivity index (χ0) is 28.8. The first kappa shape index (κ1) is 29.7. The van der Waals surface area contributed by atoms with E-state index < -0.39 is 0 Å². The van der Waals surface area contributed by atoms with Crippen molar-refractivity contribution in [3.63, 3.8) is 0 Å². The Labute approximate surface area is 252 Å². The lowest BCUT2D eigenvalue weighted by molar-refractivity contribution is 0.111. The van der Waals surface area contributed by atoms with E-state index in [1.165, 1.54) is 11.1 Å². The van der Waals surface area contributed by atoms with Crippen molar-refractivity contribution in [1.82, 2.24) is 4.90 Å². The molecule has 5 rings (SSSR count). The Bertz CT molecular complexity index is 1360. The number of halogens is 2. The van der Waals surface area contributed by atoms with E-state index in [1.807, 2.05) is 12.1 Å². The summed E-state index contributed by atoms with van der Waals surface area (Å²) < 4.78 is 18.7. The minimum absolute atomic E-state index is 0.221. The van der Waals surface area contributed by atoms with Gasteiger partial charge >= 0.3 is 0 Å². The van der Waals surface area contributed by atoms with Gasteiger partial charge in [0.1, 0.15) is 11.9 Å². The Hall–Kier alpha value is -2.77. The first-order valence-corrected chi connectivity index (χ1v) is 15.3. The molecule has 1 N–H and O–H groups in total. The number of benzene rings is 3. The third-order valence-electron chi connectivity index (χ3n) is 7.92. The number of likely N-dealkylation sites (tertiary alicyclic amines) is 1. The monoisotopic (exact) mass is 597 g/mol. The average Bonchev–Trinajstić information content (AvgIpc) is 3.59. The third-order valence-corrected chi connectivity index (χ3v) is 8.48. The molecular formula is C33H37Cl2NO5. The summed E-state index contributed by atoms with van der Waals surface area (Å²) in [5.41, 5.74) is 6.18. The molecule has 41 heavy (non-hydrogen) atoms. The largest absolute Gasteiger partial charge is 0.493 e. The lowest BCUT2D eigenvalue weighted by Crippen LogP contribution is -2.24. The molecule has 0 aromatic heterocycles. The first-order chi connectivity index (χ1) is 20.0. The van der Waals surface area contributed by atoms with E-state index in [1.54, 1.807) is 12.1 Å². The van der Waals surface area contributed by atoms with E-state index in [2.05, 4.69) is 36.1 Å². The lowest BCUT2D eigenvalue weighted by atomic mass is 9.93. The summed E-state index contributed by atoms with van der Waals surface area (Å²) in [5, 5.41) is 10.2. The molecular weight excluding hydrogens is 561 g/mol. The van der Waals surface area contributed by atoms with Gasteiger partial charge in [-0.15, -0.1) is 11.6 Å². The molecule has 1 saturated heterocycles. The Morgan fingerprint density at radius 2 is 1.80 bits per heavy atom. The van der Waals surface area contributed by atoms with E-state index in [0.29, 0.717) is 47.7 Å². The molecule has 1 fully saturated rings. The average molecular weight is 599 g/mol. The molecule has 1 unspecified atom stereocenters. The van der Waals surface area contributed by atoms with Crippen LogP contribution in [-0.4, -0.2) is 61.1 Å². The summed E-state index contributed by atoms with van der Waals surface area (Å²) >= 11 is 12.5. The highest BCUT2D eigenvalue weighted by Crippen LogP contribution is 2.46. The minimum Gasteiger partial charge on any atom is -0.493 e. The lowest BCUT2D eigenvalue weighted by Gasteiger charge is -2.21. The molecule has 1 aliphatic carbocycles. The molecule has 0 radical (unpaired) electrons. The predicted molar refractivity (Wildman–Crippen MR) is 163 cm³/mol. The van der Waals surface area contributed by atoms with Crippen LogP contribution in [0.3, 0.4) is 0 Å². The quantitative estimate of drug-likeness (QED) is 0.129. The number of carbonyl (C=O) groups excluding carboxylic acids is 1. The van der Waals surface area contributed by atoms with Crippen molar-refractivity contribution in [1.29, 1.82) is 0 Å². The van der Waals surface area contributed by atoms with Gasteiger partial charge in [-0.2, -0.15) is 0 Å². The molecule has 0 bridgehead atoms. The Morgan fingerprint density at radius 1 is 1.00 bits per heavy atom. The van der Waals surface area contributed by atoms with Crippen molar-refractivity contribution in [2.75, 3.05) is 38.7 Å². The number of carbonyl (C=O) groups is 1. The standard InChI is InChI=1S/C33H37Cl2NO5/c1-22-25(6-3-9-30(22)39-18-4-15-34)26-7-2-8-28-27(26)11-13-31(28)41-33-29(35)12-10-23(21-37)32(33)40-19-5-16-36-17-14-24(38)20-36/h2-3,6-10,12,21,24,31,38H,4-5,11,13-20H2,1H3/t24?,31-/m0/s1. The van der Waals surface area contributed by atoms with E-state index in [-0.39, 0.29) is 12.2 Å². The second-order valence-electron chi connectivity index (χ2n) is 10.7. The molecule has 0 saturated carbocycles. The van der Waals surface area contributed by atoms with Crippen LogP contribution in [0.25, 0.3) is 11.1 Å². The van der Waals surface area contributed by atoms with Crippen LogP contribution < -0.4 is 14.2 Å². The number of hydrogen-bond acceptors (Lipinski definition) is 6. The number of hydrogen-bond donors (Lipinski definition) is 1. The number of aliphatic hydroxyl groups excluding tert-OH is 1. The molecule has 3 aromatic carbocycles. The Morgan fingerprint density at radius 3 is 2.59 bits per heavy atom. The molecule has 8 heteroatoms. The highest BCUT2D eigenvalue weighted by Gasteiger charge is 2.29. The number of fused-ring (bicyclic) bond motifs is 1. The number of β-amino-alcohol motifs (C(OH)–C–C–N with tert-alkyl or cyclic N) is 1. The van der Waals surface area contributed by atoms with Gasteiger partial charge in [-0.3, -0.25) is 4.79 Å². The van der Waals surface area contributed by atoms with Crippen molar-refractivity contribution in [3.8, 4) is 28.4 Å². The van der Waals surface area contributed by atoms with Gasteiger partial charge < -0.3 is 24.2 Å². The molecule has 6 nitrogen and oxygen atoms in total. The summed E-state index contributed by atoms with van der Waals surface area (Å²) in [5.74, 6) is 2.23. The second-order valence-corrected chi connectivity index (χ2v) is 11.5. The van der Waals surface area contributed by atoms with Gasteiger partial charge in [-0.1, -0.05) is 41.9 Å².